The maximum absolute atomic E-state index is 12.8. The standard InChI is InChI=1S/C21H23N5O2S2/c1-26-11-14-8-13(10-23-19(14)25-26)16-9-15(12-4-3-5-12)17-18(22)21(29-20(17)24-16)30(27)7-6-28-2/h8-12H,3-7,22H2,1-2H3. The lowest BCUT2D eigenvalue weighted by molar-refractivity contribution is 0.217. The molecule has 0 bridgehead atoms. The van der Waals surface area contributed by atoms with E-state index in [9.17, 15) is 4.55 Å². The van der Waals surface area contributed by atoms with Crippen LogP contribution in [0.3, 0.4) is 0 Å². The van der Waals surface area contributed by atoms with Crippen molar-refractivity contribution in [1.82, 2.24) is 19.7 Å². The molecule has 0 aliphatic heterocycles. The minimum absolute atomic E-state index is 0.431. The van der Waals surface area contributed by atoms with Crippen molar-refractivity contribution >= 4 is 49.5 Å². The molecule has 0 aromatic carbocycles. The molecule has 0 spiro atoms. The summed E-state index contributed by atoms with van der Waals surface area (Å²) in [5, 5.41) is 6.31. The van der Waals surface area contributed by atoms with E-state index in [1.165, 1.54) is 23.3 Å². The largest absolute Gasteiger partial charge is 0.611 e. The molecule has 1 aliphatic rings. The van der Waals surface area contributed by atoms with E-state index in [4.69, 9.17) is 15.5 Å². The Morgan fingerprint density at radius 3 is 2.93 bits per heavy atom. The third kappa shape index (κ3) is 3.35. The Labute approximate surface area is 181 Å². The third-order valence-corrected chi connectivity index (χ3v) is 8.56. The summed E-state index contributed by atoms with van der Waals surface area (Å²) in [6, 6.07) is 4.22. The van der Waals surface area contributed by atoms with Gasteiger partial charge in [-0.25, -0.2) is 9.97 Å². The topological polar surface area (TPSA) is 102 Å². The van der Waals surface area contributed by atoms with Gasteiger partial charge in [-0.1, -0.05) is 17.8 Å². The van der Waals surface area contributed by atoms with E-state index in [0.29, 0.717) is 28.2 Å². The van der Waals surface area contributed by atoms with E-state index in [-0.39, 0.29) is 0 Å². The average Bonchev–Trinajstić information content (AvgIpc) is 3.23. The van der Waals surface area contributed by atoms with Crippen LogP contribution in [0, 0.1) is 0 Å². The minimum Gasteiger partial charge on any atom is -0.611 e. The number of rotatable bonds is 6. The highest BCUT2D eigenvalue weighted by atomic mass is 32.2. The molecule has 4 aromatic heterocycles. The summed E-state index contributed by atoms with van der Waals surface area (Å²) in [7, 11) is 3.50. The Morgan fingerprint density at radius 2 is 2.20 bits per heavy atom. The van der Waals surface area contributed by atoms with Gasteiger partial charge in [-0.15, -0.1) is 0 Å². The Kier molecular flexibility index (Phi) is 5.14. The number of nitrogen functional groups attached to an aromatic ring is 1. The molecule has 1 aliphatic carbocycles. The van der Waals surface area contributed by atoms with Gasteiger partial charge >= 0.3 is 0 Å². The molecule has 4 aromatic rings. The summed E-state index contributed by atoms with van der Waals surface area (Å²) in [6.07, 6.45) is 7.30. The summed E-state index contributed by atoms with van der Waals surface area (Å²) in [5.74, 6) is 0.905. The van der Waals surface area contributed by atoms with Gasteiger partial charge in [0.15, 0.2) is 5.65 Å². The molecule has 5 rings (SSSR count). The van der Waals surface area contributed by atoms with Gasteiger partial charge < -0.3 is 15.0 Å². The van der Waals surface area contributed by atoms with Crippen LogP contribution >= 0.6 is 11.3 Å². The lowest BCUT2D eigenvalue weighted by Crippen LogP contribution is -2.12. The first-order chi connectivity index (χ1) is 14.5. The first-order valence-electron chi connectivity index (χ1n) is 9.95. The van der Waals surface area contributed by atoms with Gasteiger partial charge in [0.25, 0.3) is 0 Å². The second-order valence-corrected chi connectivity index (χ2v) is 10.5. The molecule has 2 N–H and O–H groups in total. The molecule has 1 saturated carbocycles. The molecule has 1 atom stereocenters. The van der Waals surface area contributed by atoms with Crippen molar-refractivity contribution in [2.75, 3.05) is 25.2 Å². The van der Waals surface area contributed by atoms with Gasteiger partial charge in [0.05, 0.1) is 12.3 Å². The van der Waals surface area contributed by atoms with Crippen molar-refractivity contribution in [1.29, 1.82) is 0 Å². The summed E-state index contributed by atoms with van der Waals surface area (Å²) in [5.41, 5.74) is 10.9. The normalized spacial score (nSPS) is 15.7. The highest BCUT2D eigenvalue weighted by molar-refractivity contribution is 7.93. The summed E-state index contributed by atoms with van der Waals surface area (Å²) in [6.45, 7) is 0.436. The van der Waals surface area contributed by atoms with Gasteiger partial charge in [0.1, 0.15) is 16.3 Å². The Hall–Kier alpha value is -2.20. The number of methoxy groups -OCH3 is 1. The van der Waals surface area contributed by atoms with Gasteiger partial charge in [-0.3, -0.25) is 4.68 Å². The minimum atomic E-state index is -1.19. The van der Waals surface area contributed by atoms with Crippen molar-refractivity contribution in [3.63, 3.8) is 0 Å². The van der Waals surface area contributed by atoms with Crippen LogP contribution in [0.15, 0.2) is 28.7 Å². The van der Waals surface area contributed by atoms with Crippen LogP contribution in [-0.4, -0.2) is 43.8 Å². The first kappa shape index (κ1) is 19.7. The second kappa shape index (κ2) is 7.81. The summed E-state index contributed by atoms with van der Waals surface area (Å²) >= 11 is 0.242. The lowest BCUT2D eigenvalue weighted by atomic mass is 9.79. The molecule has 0 amide bonds. The molecule has 1 unspecified atom stereocenters. The molecule has 1 fully saturated rings. The Bertz CT molecular complexity index is 1230. The number of thiophene rings is 1. The van der Waals surface area contributed by atoms with E-state index in [1.54, 1.807) is 11.8 Å². The van der Waals surface area contributed by atoms with Crippen LogP contribution in [0.2, 0.25) is 0 Å². The lowest BCUT2D eigenvalue weighted by Gasteiger charge is -2.27. The Morgan fingerprint density at radius 1 is 1.37 bits per heavy atom. The SMILES string of the molecule is COCC[S+]([O-])c1sc2nc(-c3cnc4nn(C)cc4c3)cc(C3CCC3)c2c1N. The van der Waals surface area contributed by atoms with Gasteiger partial charge in [-0.05, 0) is 36.5 Å². The smallest absolute Gasteiger partial charge is 0.232 e. The zero-order chi connectivity index (χ0) is 20.8. The average molecular weight is 442 g/mol. The number of anilines is 1. The van der Waals surface area contributed by atoms with Crippen LogP contribution in [-0.2, 0) is 23.0 Å². The van der Waals surface area contributed by atoms with Crippen LogP contribution in [0.5, 0.6) is 0 Å². The molecular formula is C21H23N5O2S2. The van der Waals surface area contributed by atoms with Gasteiger partial charge in [-0.2, -0.15) is 5.10 Å². The van der Waals surface area contributed by atoms with Gasteiger partial charge in [0.2, 0.25) is 4.21 Å². The first-order valence-corrected chi connectivity index (χ1v) is 12.1. The monoisotopic (exact) mass is 441 g/mol. The van der Waals surface area contributed by atoms with Crippen LogP contribution in [0.1, 0.15) is 30.7 Å². The predicted molar refractivity (Wildman–Crippen MR) is 121 cm³/mol. The predicted octanol–water partition coefficient (Wildman–Crippen LogP) is 3.85. The van der Waals surface area contributed by atoms with Crippen molar-refractivity contribution < 1.29 is 9.29 Å². The van der Waals surface area contributed by atoms with Crippen molar-refractivity contribution in [3.05, 3.63) is 30.1 Å². The van der Waals surface area contributed by atoms with Crippen molar-refractivity contribution in [2.24, 2.45) is 7.05 Å². The van der Waals surface area contributed by atoms with Crippen LogP contribution in [0.4, 0.5) is 5.69 Å². The summed E-state index contributed by atoms with van der Waals surface area (Å²) < 4.78 is 20.3. The highest BCUT2D eigenvalue weighted by Crippen LogP contribution is 2.46. The van der Waals surface area contributed by atoms with E-state index in [2.05, 4.69) is 22.2 Å². The molecule has 0 saturated heterocycles. The third-order valence-electron chi connectivity index (χ3n) is 5.69. The number of hydrogen-bond donors (Lipinski definition) is 1. The molecule has 9 heteroatoms. The number of nitrogens with two attached hydrogens (primary N) is 1. The van der Waals surface area contributed by atoms with E-state index in [0.717, 1.165) is 45.3 Å². The van der Waals surface area contributed by atoms with E-state index < -0.39 is 11.2 Å². The highest BCUT2D eigenvalue weighted by Gasteiger charge is 2.29. The zero-order valence-corrected chi connectivity index (χ0v) is 18.6. The second-order valence-electron chi connectivity index (χ2n) is 7.69. The maximum atomic E-state index is 12.8. The number of fused-ring (bicyclic) bond motifs is 2. The summed E-state index contributed by atoms with van der Waals surface area (Å²) in [4.78, 5) is 10.3. The van der Waals surface area contributed by atoms with Crippen LogP contribution < -0.4 is 5.73 Å². The number of aryl methyl sites for hydroxylation is 1. The number of nitrogens with zero attached hydrogens (tertiary/aromatic N) is 4. The molecule has 156 valence electrons. The fourth-order valence-electron chi connectivity index (χ4n) is 3.91. The van der Waals surface area contributed by atoms with Crippen LogP contribution in [0.25, 0.3) is 32.5 Å². The van der Waals surface area contributed by atoms with Gasteiger partial charge in [0, 0.05) is 54.1 Å². The quantitative estimate of drug-likeness (QED) is 0.456. The van der Waals surface area contributed by atoms with Crippen molar-refractivity contribution in [3.8, 4) is 11.3 Å². The molecular weight excluding hydrogens is 418 g/mol. The molecule has 4 heterocycles. The fourth-order valence-corrected chi connectivity index (χ4v) is 6.48. The number of hydrogen-bond acceptors (Lipinski definition) is 7. The molecule has 0 radical (unpaired) electrons. The van der Waals surface area contributed by atoms with E-state index in [1.807, 2.05) is 19.4 Å². The molecule has 30 heavy (non-hydrogen) atoms. The number of pyridine rings is 2. The molecule has 7 nitrogen and oxygen atoms in total. The zero-order valence-electron chi connectivity index (χ0n) is 16.9. The fraction of sp³-hybridized carbons (Fsp3) is 0.381. The Balaban J connectivity index is 1.65. The number of aromatic nitrogens is 4. The van der Waals surface area contributed by atoms with E-state index >= 15 is 0 Å². The maximum Gasteiger partial charge on any atom is 0.232 e. The van der Waals surface area contributed by atoms with Crippen molar-refractivity contribution in [2.45, 2.75) is 29.4 Å². The number of ether oxygens (including phenoxy) is 1.